The largest absolute Gasteiger partial charge is 0.449 e. The second kappa shape index (κ2) is 9.37. The predicted octanol–water partition coefficient (Wildman–Crippen LogP) is 3.65. The molecule has 2 N–H and O–H groups in total. The van der Waals surface area contributed by atoms with Gasteiger partial charge >= 0.3 is 12.2 Å². The molecular weight excluding hydrogens is 434 g/mol. The van der Waals surface area contributed by atoms with E-state index in [0.717, 1.165) is 22.3 Å². The molecule has 0 radical (unpaired) electrons. The highest BCUT2D eigenvalue weighted by Crippen LogP contribution is 2.44. The van der Waals surface area contributed by atoms with Crippen LogP contribution in [0.4, 0.5) is 9.59 Å². The third kappa shape index (κ3) is 4.85. The first-order valence-electron chi connectivity index (χ1n) is 11.5. The van der Waals surface area contributed by atoms with Crippen LogP contribution in [0.1, 0.15) is 44.2 Å². The highest BCUT2D eigenvalue weighted by Gasteiger charge is 2.42. The summed E-state index contributed by atoms with van der Waals surface area (Å²) in [5.41, 5.74) is 3.89. The zero-order chi connectivity index (χ0) is 24.5. The normalized spacial score (nSPS) is 19.2. The summed E-state index contributed by atoms with van der Waals surface area (Å²) >= 11 is 0. The van der Waals surface area contributed by atoms with Gasteiger partial charge in [0.15, 0.2) is 0 Å². The lowest BCUT2D eigenvalue weighted by atomic mass is 9.98. The van der Waals surface area contributed by atoms with Crippen LogP contribution in [-0.4, -0.2) is 60.9 Å². The number of benzene rings is 2. The Labute approximate surface area is 199 Å². The third-order valence-electron chi connectivity index (χ3n) is 6.14. The lowest BCUT2D eigenvalue weighted by Gasteiger charge is -2.27. The van der Waals surface area contributed by atoms with E-state index in [2.05, 4.69) is 34.9 Å². The van der Waals surface area contributed by atoms with Crippen molar-refractivity contribution in [1.82, 2.24) is 15.5 Å². The van der Waals surface area contributed by atoms with Crippen molar-refractivity contribution in [3.8, 4) is 11.1 Å². The summed E-state index contributed by atoms with van der Waals surface area (Å²) in [6.07, 6.45) is -0.880. The van der Waals surface area contributed by atoms with Crippen LogP contribution in [0, 0.1) is 0 Å². The number of hydrogen-bond acceptors (Lipinski definition) is 5. The van der Waals surface area contributed by atoms with Crippen molar-refractivity contribution in [3.63, 3.8) is 0 Å². The molecule has 8 heteroatoms. The predicted molar refractivity (Wildman–Crippen MR) is 127 cm³/mol. The number of ether oxygens (including phenoxy) is 2. The zero-order valence-corrected chi connectivity index (χ0v) is 20.0. The number of nitrogens with one attached hydrogen (secondary N) is 2. The minimum absolute atomic E-state index is 0.0430. The fourth-order valence-electron chi connectivity index (χ4n) is 4.68. The highest BCUT2D eigenvalue weighted by molar-refractivity contribution is 5.86. The SMILES string of the molecule is CNC(=O)[C@@H]1C[C@H](NC(=O)OCC2c3ccccc3-c3ccccc32)CN1C(=O)OC(C)(C)C. The second-order valence-corrected chi connectivity index (χ2v) is 9.67. The van der Waals surface area contributed by atoms with E-state index in [1.54, 1.807) is 20.8 Å². The van der Waals surface area contributed by atoms with E-state index in [-0.39, 0.29) is 31.4 Å². The zero-order valence-electron chi connectivity index (χ0n) is 20.0. The molecule has 34 heavy (non-hydrogen) atoms. The van der Waals surface area contributed by atoms with E-state index >= 15 is 0 Å². The topological polar surface area (TPSA) is 97.0 Å². The number of nitrogens with zero attached hydrogens (tertiary/aromatic N) is 1. The molecule has 1 aliphatic heterocycles. The standard InChI is InChI=1S/C26H31N3O5/c1-26(2,3)34-25(32)29-14-16(13-22(29)23(30)27-4)28-24(31)33-15-21-19-11-7-5-9-17(19)18-10-6-8-12-20(18)21/h5-12,16,21-22H,13-15H2,1-4H3,(H,27,30)(H,28,31)/t16-,22-/m0/s1. The molecule has 3 amide bonds. The Morgan fingerprint density at radius 1 is 1.00 bits per heavy atom. The molecule has 180 valence electrons. The van der Waals surface area contributed by atoms with Crippen molar-refractivity contribution in [3.05, 3.63) is 59.7 Å². The Bertz CT molecular complexity index is 1050. The maximum atomic E-state index is 12.7. The number of amides is 3. The summed E-state index contributed by atoms with van der Waals surface area (Å²) in [4.78, 5) is 39.0. The van der Waals surface area contributed by atoms with Crippen LogP contribution in [0.5, 0.6) is 0 Å². The monoisotopic (exact) mass is 465 g/mol. The fourth-order valence-corrected chi connectivity index (χ4v) is 4.68. The number of hydrogen-bond donors (Lipinski definition) is 2. The highest BCUT2D eigenvalue weighted by atomic mass is 16.6. The van der Waals surface area contributed by atoms with E-state index in [9.17, 15) is 14.4 Å². The molecular formula is C26H31N3O5. The molecule has 0 bridgehead atoms. The van der Waals surface area contributed by atoms with Crippen LogP contribution in [0.3, 0.4) is 0 Å². The molecule has 4 rings (SSSR count). The first kappa shape index (κ1) is 23.6. The number of likely N-dealkylation sites (N-methyl/N-ethyl adjacent to an activating group) is 1. The first-order chi connectivity index (χ1) is 16.2. The van der Waals surface area contributed by atoms with Gasteiger partial charge in [0.25, 0.3) is 0 Å². The lowest BCUT2D eigenvalue weighted by molar-refractivity contribution is -0.125. The van der Waals surface area contributed by atoms with E-state index in [1.807, 2.05) is 24.3 Å². The quantitative estimate of drug-likeness (QED) is 0.719. The van der Waals surface area contributed by atoms with Gasteiger partial charge in [-0.2, -0.15) is 0 Å². The molecule has 2 atom stereocenters. The van der Waals surface area contributed by atoms with Crippen molar-refractivity contribution in [2.24, 2.45) is 0 Å². The molecule has 2 aromatic rings. The maximum absolute atomic E-state index is 12.7. The van der Waals surface area contributed by atoms with Gasteiger partial charge in [-0.05, 0) is 49.4 Å². The minimum Gasteiger partial charge on any atom is -0.449 e. The summed E-state index contributed by atoms with van der Waals surface area (Å²) in [6.45, 7) is 5.66. The van der Waals surface area contributed by atoms with Crippen molar-refractivity contribution in [1.29, 1.82) is 0 Å². The molecule has 1 fully saturated rings. The number of likely N-dealkylation sites (tertiary alicyclic amines) is 1. The van der Waals surface area contributed by atoms with Gasteiger partial charge < -0.3 is 20.1 Å². The lowest BCUT2D eigenvalue weighted by Crippen LogP contribution is -2.47. The smallest absolute Gasteiger partial charge is 0.411 e. The van der Waals surface area contributed by atoms with Crippen LogP contribution < -0.4 is 10.6 Å². The van der Waals surface area contributed by atoms with Gasteiger partial charge in [-0.25, -0.2) is 9.59 Å². The molecule has 0 aromatic heterocycles. The molecule has 2 aliphatic rings. The number of carbonyl (C=O) groups is 3. The summed E-state index contributed by atoms with van der Waals surface area (Å²) in [5.74, 6) is -0.346. The second-order valence-electron chi connectivity index (χ2n) is 9.67. The molecule has 1 aliphatic carbocycles. The Kier molecular flexibility index (Phi) is 6.50. The molecule has 0 saturated carbocycles. The average Bonchev–Trinajstić information content (AvgIpc) is 3.35. The van der Waals surface area contributed by atoms with Crippen molar-refractivity contribution < 1.29 is 23.9 Å². The van der Waals surface area contributed by atoms with Crippen LogP contribution >= 0.6 is 0 Å². The van der Waals surface area contributed by atoms with Gasteiger partial charge in [0.05, 0.1) is 6.04 Å². The van der Waals surface area contributed by atoms with E-state index in [0.29, 0.717) is 0 Å². The Morgan fingerprint density at radius 2 is 1.59 bits per heavy atom. The van der Waals surface area contributed by atoms with Gasteiger partial charge in [0, 0.05) is 19.5 Å². The summed E-state index contributed by atoms with van der Waals surface area (Å²) in [5, 5.41) is 5.39. The number of rotatable bonds is 4. The third-order valence-corrected chi connectivity index (χ3v) is 6.14. The van der Waals surface area contributed by atoms with Gasteiger partial charge in [0.1, 0.15) is 18.2 Å². The van der Waals surface area contributed by atoms with Crippen LogP contribution in [0.15, 0.2) is 48.5 Å². The Balaban J connectivity index is 1.40. The molecule has 1 saturated heterocycles. The maximum Gasteiger partial charge on any atom is 0.411 e. The summed E-state index contributed by atoms with van der Waals surface area (Å²) in [6, 6.07) is 15.1. The number of carbonyl (C=O) groups excluding carboxylic acids is 3. The van der Waals surface area contributed by atoms with E-state index in [1.165, 1.54) is 11.9 Å². The van der Waals surface area contributed by atoms with Crippen LogP contribution in [0.2, 0.25) is 0 Å². The van der Waals surface area contributed by atoms with Crippen LogP contribution in [0.25, 0.3) is 11.1 Å². The first-order valence-corrected chi connectivity index (χ1v) is 11.5. The number of fused-ring (bicyclic) bond motifs is 3. The molecule has 0 spiro atoms. The summed E-state index contributed by atoms with van der Waals surface area (Å²) in [7, 11) is 1.52. The van der Waals surface area contributed by atoms with Crippen molar-refractivity contribution in [2.75, 3.05) is 20.2 Å². The van der Waals surface area contributed by atoms with Gasteiger partial charge in [-0.1, -0.05) is 48.5 Å². The van der Waals surface area contributed by atoms with E-state index in [4.69, 9.17) is 9.47 Å². The Morgan fingerprint density at radius 3 is 2.15 bits per heavy atom. The molecule has 0 unspecified atom stereocenters. The number of alkyl carbamates (subject to hydrolysis) is 1. The molecule has 1 heterocycles. The van der Waals surface area contributed by atoms with E-state index < -0.39 is 29.9 Å². The van der Waals surface area contributed by atoms with Gasteiger partial charge in [-0.15, -0.1) is 0 Å². The Hall–Kier alpha value is -3.55. The van der Waals surface area contributed by atoms with Crippen LogP contribution in [-0.2, 0) is 14.3 Å². The van der Waals surface area contributed by atoms with Gasteiger partial charge in [0.2, 0.25) is 5.91 Å². The fraction of sp³-hybridized carbons (Fsp3) is 0.423. The molecule has 2 aromatic carbocycles. The summed E-state index contributed by atoms with van der Waals surface area (Å²) < 4.78 is 11.1. The molecule has 8 nitrogen and oxygen atoms in total. The van der Waals surface area contributed by atoms with Gasteiger partial charge in [-0.3, -0.25) is 9.69 Å². The minimum atomic E-state index is -0.723. The van der Waals surface area contributed by atoms with Crippen molar-refractivity contribution >= 4 is 18.1 Å². The average molecular weight is 466 g/mol. The van der Waals surface area contributed by atoms with Crippen molar-refractivity contribution in [2.45, 2.75) is 50.8 Å².